The van der Waals surface area contributed by atoms with Crippen molar-refractivity contribution >= 4 is 29.3 Å². The third-order valence-electron chi connectivity index (χ3n) is 5.00. The van der Waals surface area contributed by atoms with Gasteiger partial charge in [-0.05, 0) is 42.0 Å². The minimum atomic E-state index is -0.809. The summed E-state index contributed by atoms with van der Waals surface area (Å²) in [6, 6.07) is 12.8. The maximum Gasteiger partial charge on any atom is 0.337 e. The molecule has 0 saturated heterocycles. The number of carbonyl (C=O) groups is 3. The molecule has 4 rings (SSSR count). The van der Waals surface area contributed by atoms with Gasteiger partial charge in [0.05, 0.1) is 32.4 Å². The molecule has 0 unspecified atom stereocenters. The molecule has 1 atom stereocenters. The minimum absolute atomic E-state index is 0.0389. The minimum Gasteiger partial charge on any atom is -0.497 e. The molecule has 1 aliphatic rings. The van der Waals surface area contributed by atoms with Gasteiger partial charge in [0.25, 0.3) is 0 Å². The van der Waals surface area contributed by atoms with Crippen LogP contribution >= 0.6 is 0 Å². The lowest BCUT2D eigenvalue weighted by Crippen LogP contribution is -2.35. The third-order valence-corrected chi connectivity index (χ3v) is 5.00. The monoisotopic (exact) mass is 420 g/mol. The van der Waals surface area contributed by atoms with Crippen molar-refractivity contribution in [3.8, 4) is 16.9 Å². The van der Waals surface area contributed by atoms with Gasteiger partial charge in [0.15, 0.2) is 0 Å². The molecule has 2 N–H and O–H groups in total. The van der Waals surface area contributed by atoms with E-state index in [9.17, 15) is 14.4 Å². The molecule has 0 bridgehead atoms. The van der Waals surface area contributed by atoms with Gasteiger partial charge in [-0.3, -0.25) is 9.59 Å². The van der Waals surface area contributed by atoms with E-state index in [0.717, 1.165) is 5.56 Å². The first-order valence-electron chi connectivity index (χ1n) is 9.51. The number of hydrogen-bond acceptors (Lipinski definition) is 6. The summed E-state index contributed by atoms with van der Waals surface area (Å²) in [5.74, 6) is 0.0521. The molecule has 0 radical (unpaired) electrons. The van der Waals surface area contributed by atoms with Gasteiger partial charge in [-0.25, -0.2) is 9.48 Å². The van der Waals surface area contributed by atoms with Gasteiger partial charge in [0.1, 0.15) is 17.6 Å². The Labute approximate surface area is 178 Å². The fourth-order valence-corrected chi connectivity index (χ4v) is 3.39. The number of nitrogens with one attached hydrogen (secondary N) is 2. The van der Waals surface area contributed by atoms with Crippen LogP contribution in [-0.4, -0.2) is 41.8 Å². The highest BCUT2D eigenvalue weighted by Gasteiger charge is 2.33. The lowest BCUT2D eigenvalue weighted by molar-refractivity contribution is -0.125. The van der Waals surface area contributed by atoms with Crippen molar-refractivity contribution in [1.29, 1.82) is 0 Å². The van der Waals surface area contributed by atoms with E-state index in [0.29, 0.717) is 28.4 Å². The van der Waals surface area contributed by atoms with E-state index in [4.69, 9.17) is 4.74 Å². The first kappa shape index (κ1) is 20.1. The molecular formula is C22H20N4O5. The molecule has 31 heavy (non-hydrogen) atoms. The molecule has 158 valence electrons. The van der Waals surface area contributed by atoms with Crippen molar-refractivity contribution < 1.29 is 23.9 Å². The Morgan fingerprint density at radius 2 is 1.81 bits per heavy atom. The van der Waals surface area contributed by atoms with Crippen LogP contribution in [0.3, 0.4) is 0 Å². The number of anilines is 2. The van der Waals surface area contributed by atoms with Crippen molar-refractivity contribution in [2.75, 3.05) is 24.9 Å². The molecule has 1 aliphatic heterocycles. The van der Waals surface area contributed by atoms with Gasteiger partial charge >= 0.3 is 5.97 Å². The van der Waals surface area contributed by atoms with E-state index in [1.165, 1.54) is 11.8 Å². The second kappa shape index (κ2) is 8.31. The average Bonchev–Trinajstić information content (AvgIpc) is 3.22. The van der Waals surface area contributed by atoms with E-state index in [1.807, 2.05) is 24.3 Å². The first-order valence-corrected chi connectivity index (χ1v) is 9.51. The standard InChI is InChI=1S/C22H20N4O5/c1-30-16-9-5-13(6-10-16)17-12-23-26-18(11-19(27)25-20(17)26)21(28)24-15-7-3-14(4-8-15)22(29)31-2/h3-10,12,18H,11H2,1-2H3,(H,24,28)(H,25,27)/t18-/m1/s1. The molecular weight excluding hydrogens is 400 g/mol. The number of hydrogen-bond donors (Lipinski definition) is 2. The first-order chi connectivity index (χ1) is 15.0. The zero-order valence-electron chi connectivity index (χ0n) is 16.9. The highest BCUT2D eigenvalue weighted by atomic mass is 16.5. The number of ether oxygens (including phenoxy) is 2. The molecule has 2 aromatic carbocycles. The number of rotatable bonds is 5. The van der Waals surface area contributed by atoms with Crippen LogP contribution in [0, 0.1) is 0 Å². The van der Waals surface area contributed by atoms with Crippen LogP contribution in [-0.2, 0) is 14.3 Å². The largest absolute Gasteiger partial charge is 0.497 e. The maximum atomic E-state index is 12.9. The number of fused-ring (bicyclic) bond motifs is 1. The zero-order chi connectivity index (χ0) is 22.0. The third kappa shape index (κ3) is 3.97. The summed E-state index contributed by atoms with van der Waals surface area (Å²) in [6.45, 7) is 0. The van der Waals surface area contributed by atoms with Crippen LogP contribution < -0.4 is 15.4 Å². The van der Waals surface area contributed by atoms with Crippen LogP contribution in [0.2, 0.25) is 0 Å². The number of aromatic nitrogens is 2. The van der Waals surface area contributed by atoms with Gasteiger partial charge in [-0.15, -0.1) is 0 Å². The molecule has 0 saturated carbocycles. The Kier molecular flexibility index (Phi) is 5.40. The van der Waals surface area contributed by atoms with Crippen LogP contribution in [0.15, 0.2) is 54.7 Å². The maximum absolute atomic E-state index is 12.9. The van der Waals surface area contributed by atoms with Crippen molar-refractivity contribution in [1.82, 2.24) is 9.78 Å². The average molecular weight is 420 g/mol. The summed E-state index contributed by atoms with van der Waals surface area (Å²) in [5, 5.41) is 9.93. The fraction of sp³-hybridized carbons (Fsp3) is 0.182. The van der Waals surface area contributed by atoms with Crippen molar-refractivity contribution in [2.45, 2.75) is 12.5 Å². The quantitative estimate of drug-likeness (QED) is 0.614. The number of nitrogens with zero attached hydrogens (tertiary/aromatic N) is 2. The number of esters is 1. The predicted octanol–water partition coefficient (Wildman–Crippen LogP) is 2.87. The Morgan fingerprint density at radius 1 is 1.10 bits per heavy atom. The van der Waals surface area contributed by atoms with E-state index in [-0.39, 0.29) is 18.2 Å². The zero-order valence-corrected chi connectivity index (χ0v) is 16.9. The smallest absolute Gasteiger partial charge is 0.337 e. The lowest BCUT2D eigenvalue weighted by atomic mass is 10.1. The molecule has 0 aliphatic carbocycles. The van der Waals surface area contributed by atoms with E-state index in [1.54, 1.807) is 37.6 Å². The second-order valence-electron chi connectivity index (χ2n) is 6.91. The van der Waals surface area contributed by atoms with Gasteiger partial charge in [-0.2, -0.15) is 5.10 Å². The van der Waals surface area contributed by atoms with Crippen molar-refractivity contribution in [3.63, 3.8) is 0 Å². The van der Waals surface area contributed by atoms with Gasteiger partial charge < -0.3 is 20.1 Å². The van der Waals surface area contributed by atoms with Crippen LogP contribution in [0.1, 0.15) is 22.8 Å². The van der Waals surface area contributed by atoms with Crippen LogP contribution in [0.5, 0.6) is 5.75 Å². The summed E-state index contributed by atoms with van der Waals surface area (Å²) < 4.78 is 11.4. The Hall–Kier alpha value is -4.14. The number of amides is 2. The van der Waals surface area contributed by atoms with Gasteiger partial charge in [-0.1, -0.05) is 12.1 Å². The van der Waals surface area contributed by atoms with Gasteiger partial charge in [0.2, 0.25) is 11.8 Å². The summed E-state index contributed by atoms with van der Waals surface area (Å²) in [5.41, 5.74) is 2.40. The number of carbonyl (C=O) groups excluding carboxylic acids is 3. The normalized spacial score (nSPS) is 14.9. The van der Waals surface area contributed by atoms with Crippen molar-refractivity contribution in [2.24, 2.45) is 0 Å². The van der Waals surface area contributed by atoms with Crippen molar-refractivity contribution in [3.05, 3.63) is 60.3 Å². The second-order valence-corrected chi connectivity index (χ2v) is 6.91. The Balaban J connectivity index is 1.58. The topological polar surface area (TPSA) is 112 Å². The summed E-state index contributed by atoms with van der Waals surface area (Å²) in [6.07, 6.45) is 1.58. The van der Waals surface area contributed by atoms with E-state index in [2.05, 4.69) is 20.5 Å². The molecule has 9 heteroatoms. The number of methoxy groups -OCH3 is 2. The summed E-state index contributed by atoms with van der Waals surface area (Å²) in [4.78, 5) is 36.8. The van der Waals surface area contributed by atoms with Crippen LogP contribution in [0.4, 0.5) is 11.5 Å². The predicted molar refractivity (Wildman–Crippen MR) is 113 cm³/mol. The Bertz CT molecular complexity index is 1140. The molecule has 1 aromatic heterocycles. The van der Waals surface area contributed by atoms with Gasteiger partial charge in [0, 0.05) is 11.3 Å². The summed E-state index contributed by atoms with van der Waals surface area (Å²) in [7, 11) is 2.89. The highest BCUT2D eigenvalue weighted by molar-refractivity contribution is 6.03. The van der Waals surface area contributed by atoms with Crippen LogP contribution in [0.25, 0.3) is 11.1 Å². The molecule has 3 aromatic rings. The summed E-state index contributed by atoms with van der Waals surface area (Å²) >= 11 is 0. The molecule has 2 amide bonds. The lowest BCUT2D eigenvalue weighted by Gasteiger charge is -2.24. The fourth-order valence-electron chi connectivity index (χ4n) is 3.39. The van der Waals surface area contributed by atoms with E-state index < -0.39 is 12.0 Å². The molecule has 9 nitrogen and oxygen atoms in total. The molecule has 0 spiro atoms. The molecule has 2 heterocycles. The SMILES string of the molecule is COC(=O)c1ccc(NC(=O)[C@H]2CC(=O)Nc3c(-c4ccc(OC)cc4)cnn32)cc1. The molecule has 0 fully saturated rings. The number of benzene rings is 2. The van der Waals surface area contributed by atoms with E-state index >= 15 is 0 Å². The Morgan fingerprint density at radius 3 is 2.45 bits per heavy atom. The highest BCUT2D eigenvalue weighted by Crippen LogP contribution is 2.35.